The second-order valence-corrected chi connectivity index (χ2v) is 5.72. The van der Waals surface area contributed by atoms with Gasteiger partial charge >= 0.3 is 0 Å². The zero-order valence-electron chi connectivity index (χ0n) is 12.3. The van der Waals surface area contributed by atoms with Gasteiger partial charge < -0.3 is 10.0 Å². The number of fused-ring (bicyclic) bond motifs is 2. The summed E-state index contributed by atoms with van der Waals surface area (Å²) in [4.78, 5) is 14.7. The van der Waals surface area contributed by atoms with Crippen molar-refractivity contribution in [2.45, 2.75) is 0 Å². The van der Waals surface area contributed by atoms with Gasteiger partial charge in [0.15, 0.2) is 5.78 Å². The molecule has 0 amide bonds. The van der Waals surface area contributed by atoms with Crippen LogP contribution in [-0.2, 0) is 0 Å². The molecule has 22 heavy (non-hydrogen) atoms. The molecule has 1 aliphatic rings. The SMILES string of the molecule is C=C1c2ccccc2C(=O)c2c(Cl)ccc(N(C)CCO)c21. The van der Waals surface area contributed by atoms with Gasteiger partial charge in [0.1, 0.15) is 0 Å². The smallest absolute Gasteiger partial charge is 0.195 e. The number of anilines is 1. The topological polar surface area (TPSA) is 40.5 Å². The zero-order chi connectivity index (χ0) is 15.9. The van der Waals surface area contributed by atoms with Gasteiger partial charge in [0, 0.05) is 30.4 Å². The van der Waals surface area contributed by atoms with Crippen molar-refractivity contribution in [2.24, 2.45) is 0 Å². The minimum atomic E-state index is -0.0813. The number of carbonyl (C=O) groups excluding carboxylic acids is 1. The van der Waals surface area contributed by atoms with Gasteiger partial charge in [-0.3, -0.25) is 4.79 Å². The zero-order valence-corrected chi connectivity index (χ0v) is 13.0. The van der Waals surface area contributed by atoms with Gasteiger partial charge in [0.2, 0.25) is 0 Å². The third kappa shape index (κ3) is 2.14. The highest BCUT2D eigenvalue weighted by Gasteiger charge is 2.30. The van der Waals surface area contributed by atoms with Crippen molar-refractivity contribution < 1.29 is 9.90 Å². The highest BCUT2D eigenvalue weighted by molar-refractivity contribution is 6.37. The third-order valence-electron chi connectivity index (χ3n) is 4.00. The van der Waals surface area contributed by atoms with Gasteiger partial charge in [-0.25, -0.2) is 0 Å². The van der Waals surface area contributed by atoms with Crippen molar-refractivity contribution in [1.29, 1.82) is 0 Å². The molecule has 0 aromatic heterocycles. The third-order valence-corrected chi connectivity index (χ3v) is 4.32. The monoisotopic (exact) mass is 313 g/mol. The molecule has 0 bridgehead atoms. The Bertz CT molecular complexity index is 783. The van der Waals surface area contributed by atoms with Gasteiger partial charge in [0.25, 0.3) is 0 Å². The van der Waals surface area contributed by atoms with Crippen LogP contribution in [0.25, 0.3) is 5.57 Å². The molecular weight excluding hydrogens is 298 g/mol. The lowest BCUT2D eigenvalue weighted by molar-refractivity contribution is 0.103. The summed E-state index contributed by atoms with van der Waals surface area (Å²) in [6.07, 6.45) is 0. The maximum Gasteiger partial charge on any atom is 0.195 e. The second-order valence-electron chi connectivity index (χ2n) is 5.31. The van der Waals surface area contributed by atoms with Crippen LogP contribution in [0.4, 0.5) is 5.69 Å². The predicted octanol–water partition coefficient (Wildman–Crippen LogP) is 3.37. The molecule has 1 N–H and O–H groups in total. The van der Waals surface area contributed by atoms with Gasteiger partial charge in [-0.2, -0.15) is 0 Å². The summed E-state index contributed by atoms with van der Waals surface area (Å²) < 4.78 is 0. The lowest BCUT2D eigenvalue weighted by atomic mass is 9.81. The molecule has 3 nitrogen and oxygen atoms in total. The fourth-order valence-electron chi connectivity index (χ4n) is 2.90. The minimum Gasteiger partial charge on any atom is -0.395 e. The number of benzene rings is 2. The minimum absolute atomic E-state index is 0.0326. The fourth-order valence-corrected chi connectivity index (χ4v) is 3.14. The first kappa shape index (κ1) is 14.8. The molecule has 0 heterocycles. The number of aliphatic hydroxyl groups excluding tert-OH is 1. The Morgan fingerprint density at radius 3 is 2.50 bits per heavy atom. The summed E-state index contributed by atoms with van der Waals surface area (Å²) in [5.74, 6) is -0.0813. The van der Waals surface area contributed by atoms with Crippen molar-refractivity contribution in [3.8, 4) is 0 Å². The van der Waals surface area contributed by atoms with E-state index in [9.17, 15) is 9.90 Å². The van der Waals surface area contributed by atoms with E-state index in [2.05, 4.69) is 6.58 Å². The van der Waals surface area contributed by atoms with Crippen LogP contribution in [0.5, 0.6) is 0 Å². The van der Waals surface area contributed by atoms with Crippen molar-refractivity contribution in [1.82, 2.24) is 0 Å². The van der Waals surface area contributed by atoms with Crippen LogP contribution >= 0.6 is 11.6 Å². The van der Waals surface area contributed by atoms with Gasteiger partial charge in [-0.15, -0.1) is 0 Å². The predicted molar refractivity (Wildman–Crippen MR) is 89.8 cm³/mol. The first-order valence-corrected chi connectivity index (χ1v) is 7.42. The number of ketones is 1. The Labute approximate surface area is 134 Å². The van der Waals surface area contributed by atoms with E-state index in [1.54, 1.807) is 12.1 Å². The standard InChI is InChI=1S/C18H16ClNO2/c1-11-12-5-3-4-6-13(12)18(22)17-14(19)7-8-15(16(11)17)20(2)9-10-21/h3-8,21H,1,9-10H2,2H3. The molecule has 0 saturated heterocycles. The Hall–Kier alpha value is -2.10. The number of aliphatic hydroxyl groups is 1. The van der Waals surface area contributed by atoms with E-state index in [1.807, 2.05) is 36.2 Å². The molecule has 2 aromatic carbocycles. The van der Waals surface area contributed by atoms with E-state index in [4.69, 9.17) is 11.6 Å². The first-order valence-electron chi connectivity index (χ1n) is 7.04. The Morgan fingerprint density at radius 1 is 1.14 bits per heavy atom. The van der Waals surface area contributed by atoms with E-state index < -0.39 is 0 Å². The van der Waals surface area contributed by atoms with Crippen LogP contribution < -0.4 is 4.90 Å². The summed E-state index contributed by atoms with van der Waals surface area (Å²) in [7, 11) is 1.87. The quantitative estimate of drug-likeness (QED) is 0.806. The van der Waals surface area contributed by atoms with Gasteiger partial charge in [-0.05, 0) is 23.3 Å². The van der Waals surface area contributed by atoms with E-state index in [0.717, 1.165) is 22.4 Å². The van der Waals surface area contributed by atoms with Crippen molar-refractivity contribution in [2.75, 3.05) is 25.1 Å². The summed E-state index contributed by atoms with van der Waals surface area (Å²) in [5, 5.41) is 9.60. The van der Waals surface area contributed by atoms with Crippen molar-refractivity contribution in [3.63, 3.8) is 0 Å². The number of nitrogens with zero attached hydrogens (tertiary/aromatic N) is 1. The number of hydrogen-bond acceptors (Lipinski definition) is 3. The fraction of sp³-hybridized carbons (Fsp3) is 0.167. The molecule has 0 fully saturated rings. The van der Waals surface area contributed by atoms with E-state index in [-0.39, 0.29) is 12.4 Å². The van der Waals surface area contributed by atoms with Crippen LogP contribution in [0.15, 0.2) is 43.0 Å². The number of carbonyl (C=O) groups is 1. The Balaban J connectivity index is 2.27. The lowest BCUT2D eigenvalue weighted by Crippen LogP contribution is -2.25. The normalized spacial score (nSPS) is 12.9. The number of halogens is 1. The van der Waals surface area contributed by atoms with Crippen LogP contribution in [0.2, 0.25) is 5.02 Å². The number of rotatable bonds is 3. The second kappa shape index (κ2) is 5.59. The Morgan fingerprint density at radius 2 is 1.82 bits per heavy atom. The molecular formula is C18H16ClNO2. The Kier molecular flexibility index (Phi) is 3.77. The van der Waals surface area contributed by atoms with Crippen LogP contribution in [0, 0.1) is 0 Å². The van der Waals surface area contributed by atoms with Gasteiger partial charge in [0.05, 0.1) is 17.2 Å². The summed E-state index contributed by atoms with van der Waals surface area (Å²) >= 11 is 6.29. The van der Waals surface area contributed by atoms with E-state index in [1.165, 1.54) is 0 Å². The molecule has 0 radical (unpaired) electrons. The van der Waals surface area contributed by atoms with Gasteiger partial charge in [-0.1, -0.05) is 42.4 Å². The van der Waals surface area contributed by atoms with Crippen molar-refractivity contribution in [3.05, 3.63) is 70.3 Å². The van der Waals surface area contributed by atoms with Crippen LogP contribution in [0.1, 0.15) is 27.0 Å². The maximum atomic E-state index is 12.8. The summed E-state index contributed by atoms with van der Waals surface area (Å²) in [5.41, 5.74) is 4.35. The van der Waals surface area contributed by atoms with Crippen LogP contribution in [0.3, 0.4) is 0 Å². The molecule has 1 aliphatic carbocycles. The molecule has 0 spiro atoms. The van der Waals surface area contributed by atoms with Crippen LogP contribution in [-0.4, -0.2) is 31.1 Å². The maximum absolute atomic E-state index is 12.8. The number of likely N-dealkylation sites (N-methyl/N-ethyl adjacent to an activating group) is 1. The summed E-state index contributed by atoms with van der Waals surface area (Å²) in [6.45, 7) is 4.68. The molecule has 0 aliphatic heterocycles. The van der Waals surface area contributed by atoms with E-state index in [0.29, 0.717) is 22.7 Å². The average Bonchev–Trinajstić information content (AvgIpc) is 2.52. The average molecular weight is 314 g/mol. The molecule has 2 aromatic rings. The van der Waals surface area contributed by atoms with Crippen molar-refractivity contribution >= 4 is 28.6 Å². The molecule has 0 unspecified atom stereocenters. The lowest BCUT2D eigenvalue weighted by Gasteiger charge is -2.28. The molecule has 0 saturated carbocycles. The molecule has 4 heteroatoms. The number of hydrogen-bond donors (Lipinski definition) is 1. The molecule has 0 atom stereocenters. The first-order chi connectivity index (χ1) is 10.6. The largest absolute Gasteiger partial charge is 0.395 e. The highest BCUT2D eigenvalue weighted by Crippen LogP contribution is 2.42. The molecule has 3 rings (SSSR count). The highest BCUT2D eigenvalue weighted by atomic mass is 35.5. The molecule has 112 valence electrons. The summed E-state index contributed by atoms with van der Waals surface area (Å²) in [6, 6.07) is 11.0. The van der Waals surface area contributed by atoms with E-state index >= 15 is 0 Å².